The zero-order valence-corrected chi connectivity index (χ0v) is 8.12. The zero-order valence-electron chi connectivity index (χ0n) is 8.12. The van der Waals surface area contributed by atoms with Crippen molar-refractivity contribution in [1.82, 2.24) is 4.90 Å². The summed E-state index contributed by atoms with van der Waals surface area (Å²) in [7, 11) is 4.12. The molecule has 0 amide bonds. The lowest BCUT2D eigenvalue weighted by molar-refractivity contribution is 0.00836. The van der Waals surface area contributed by atoms with E-state index in [1.54, 1.807) is 0 Å². The average Bonchev–Trinajstić information content (AvgIpc) is 2.48. The molecule has 2 heteroatoms. The number of hydrogen-bond donors (Lipinski definition) is 0. The molecule has 0 aromatic carbocycles. The first-order chi connectivity index (χ1) is 5.83. The van der Waals surface area contributed by atoms with Gasteiger partial charge in [0.05, 0.1) is 6.10 Å². The molecule has 1 heterocycles. The molecule has 1 aliphatic carbocycles. The van der Waals surface area contributed by atoms with Crippen molar-refractivity contribution < 1.29 is 4.74 Å². The molecule has 0 N–H and O–H groups in total. The van der Waals surface area contributed by atoms with E-state index < -0.39 is 0 Å². The van der Waals surface area contributed by atoms with Gasteiger partial charge in [0.25, 0.3) is 0 Å². The van der Waals surface area contributed by atoms with Crippen molar-refractivity contribution in [3.05, 3.63) is 0 Å². The maximum atomic E-state index is 5.53. The van der Waals surface area contributed by atoms with E-state index in [9.17, 15) is 0 Å². The van der Waals surface area contributed by atoms with Crippen LogP contribution < -0.4 is 0 Å². The second-order valence-electron chi connectivity index (χ2n) is 4.21. The molecule has 1 saturated heterocycles. The third kappa shape index (κ3) is 1.27. The fourth-order valence-corrected chi connectivity index (χ4v) is 2.94. The van der Waals surface area contributed by atoms with Gasteiger partial charge >= 0.3 is 0 Å². The second-order valence-corrected chi connectivity index (χ2v) is 4.21. The third-order valence-corrected chi connectivity index (χ3v) is 3.64. The summed E-state index contributed by atoms with van der Waals surface area (Å²) < 4.78 is 5.53. The van der Waals surface area contributed by atoms with Crippen molar-refractivity contribution in [1.29, 1.82) is 0 Å². The lowest BCUT2D eigenvalue weighted by atomic mass is 9.82. The summed E-state index contributed by atoms with van der Waals surface area (Å²) in [6, 6.07) is 0.823. The molecule has 2 aliphatic rings. The predicted octanol–water partition coefficient (Wildman–Crippen LogP) is 1.51. The Labute approximate surface area is 74.9 Å². The first-order valence-corrected chi connectivity index (χ1v) is 5.06. The third-order valence-electron chi connectivity index (χ3n) is 3.64. The van der Waals surface area contributed by atoms with E-state index in [-0.39, 0.29) is 0 Å². The number of rotatable bonds is 1. The molecule has 1 aliphatic heterocycles. The van der Waals surface area contributed by atoms with Crippen LogP contribution in [0.5, 0.6) is 0 Å². The van der Waals surface area contributed by atoms with E-state index >= 15 is 0 Å². The lowest BCUT2D eigenvalue weighted by Crippen LogP contribution is -2.39. The van der Waals surface area contributed by atoms with Gasteiger partial charge < -0.3 is 9.64 Å². The summed E-state index contributed by atoms with van der Waals surface area (Å²) in [5, 5.41) is 0. The minimum atomic E-state index is 0.550. The van der Waals surface area contributed by atoms with Crippen molar-refractivity contribution in [3.63, 3.8) is 0 Å². The summed E-state index contributed by atoms with van der Waals surface area (Å²) >= 11 is 0. The average molecular weight is 169 g/mol. The van der Waals surface area contributed by atoms with Crippen LogP contribution in [0, 0.1) is 5.92 Å². The Kier molecular flexibility index (Phi) is 2.37. The van der Waals surface area contributed by atoms with Crippen LogP contribution >= 0.6 is 0 Å². The van der Waals surface area contributed by atoms with Crippen molar-refractivity contribution >= 4 is 0 Å². The molecular formula is C10H19NO. The van der Waals surface area contributed by atoms with Crippen molar-refractivity contribution in [2.24, 2.45) is 5.92 Å². The topological polar surface area (TPSA) is 12.5 Å². The molecule has 0 aromatic heterocycles. The van der Waals surface area contributed by atoms with Gasteiger partial charge in [0.2, 0.25) is 0 Å². The van der Waals surface area contributed by atoms with Crippen molar-refractivity contribution in [3.8, 4) is 0 Å². The number of methoxy groups -OCH3 is 1. The fraction of sp³-hybridized carbons (Fsp3) is 1.00. The Hall–Kier alpha value is -0.0800. The van der Waals surface area contributed by atoms with E-state index in [4.69, 9.17) is 4.74 Å². The molecule has 0 bridgehead atoms. The predicted molar refractivity (Wildman–Crippen MR) is 49.2 cm³/mol. The molecular weight excluding hydrogens is 150 g/mol. The van der Waals surface area contributed by atoms with E-state index in [1.165, 1.54) is 32.2 Å². The quantitative estimate of drug-likeness (QED) is 0.590. The Morgan fingerprint density at radius 3 is 2.83 bits per heavy atom. The van der Waals surface area contributed by atoms with Crippen LogP contribution in [0.3, 0.4) is 0 Å². The van der Waals surface area contributed by atoms with Crippen LogP contribution in [0.4, 0.5) is 0 Å². The Balaban J connectivity index is 2.04. The van der Waals surface area contributed by atoms with Gasteiger partial charge in [0.1, 0.15) is 0 Å². The minimum Gasteiger partial charge on any atom is -0.381 e. The van der Waals surface area contributed by atoms with E-state index in [0.29, 0.717) is 6.10 Å². The molecule has 12 heavy (non-hydrogen) atoms. The minimum absolute atomic E-state index is 0.550. The first kappa shape index (κ1) is 8.52. The highest BCUT2D eigenvalue weighted by atomic mass is 16.5. The maximum Gasteiger partial charge on any atom is 0.0614 e. The molecule has 2 nitrogen and oxygen atoms in total. The SMILES string of the molecule is COC1CCCC2C1CCN2C. The highest BCUT2D eigenvalue weighted by Gasteiger charge is 2.39. The van der Waals surface area contributed by atoms with Crippen molar-refractivity contribution in [2.75, 3.05) is 20.7 Å². The van der Waals surface area contributed by atoms with Gasteiger partial charge in [0.15, 0.2) is 0 Å². The lowest BCUT2D eigenvalue weighted by Gasteiger charge is -2.34. The van der Waals surface area contributed by atoms with Crippen molar-refractivity contribution in [2.45, 2.75) is 37.8 Å². The van der Waals surface area contributed by atoms with Crippen LogP contribution in [-0.2, 0) is 4.74 Å². The number of hydrogen-bond acceptors (Lipinski definition) is 2. The maximum absolute atomic E-state index is 5.53. The molecule has 3 atom stereocenters. The van der Waals surface area contributed by atoms with E-state index in [2.05, 4.69) is 11.9 Å². The molecule has 2 rings (SSSR count). The van der Waals surface area contributed by atoms with Crippen LogP contribution in [0.15, 0.2) is 0 Å². The molecule has 0 radical (unpaired) electrons. The zero-order chi connectivity index (χ0) is 8.55. The summed E-state index contributed by atoms with van der Waals surface area (Å²) in [4.78, 5) is 2.51. The standard InChI is InChI=1S/C10H19NO/c1-11-7-6-8-9(11)4-3-5-10(8)12-2/h8-10H,3-7H2,1-2H3. The molecule has 0 aromatic rings. The number of ether oxygens (including phenoxy) is 1. The normalized spacial score (nSPS) is 43.0. The van der Waals surface area contributed by atoms with Crippen LogP contribution in [-0.4, -0.2) is 37.7 Å². The highest BCUT2D eigenvalue weighted by Crippen LogP contribution is 2.36. The fourth-order valence-electron chi connectivity index (χ4n) is 2.94. The summed E-state index contributed by atoms with van der Waals surface area (Å²) in [5.74, 6) is 0.828. The largest absolute Gasteiger partial charge is 0.381 e. The second kappa shape index (κ2) is 3.35. The summed E-state index contributed by atoms with van der Waals surface area (Å²) in [6.45, 7) is 1.27. The first-order valence-electron chi connectivity index (χ1n) is 5.06. The van der Waals surface area contributed by atoms with E-state index in [1.807, 2.05) is 7.11 Å². The van der Waals surface area contributed by atoms with Crippen LogP contribution in [0.25, 0.3) is 0 Å². The van der Waals surface area contributed by atoms with Gasteiger partial charge in [-0.3, -0.25) is 0 Å². The van der Waals surface area contributed by atoms with Gasteiger partial charge in [0, 0.05) is 19.1 Å². The number of nitrogens with zero attached hydrogens (tertiary/aromatic N) is 1. The number of fused-ring (bicyclic) bond motifs is 1. The molecule has 0 spiro atoms. The molecule has 2 fully saturated rings. The van der Waals surface area contributed by atoms with E-state index in [0.717, 1.165) is 12.0 Å². The molecule has 1 saturated carbocycles. The van der Waals surface area contributed by atoms with Gasteiger partial charge in [-0.2, -0.15) is 0 Å². The Morgan fingerprint density at radius 1 is 1.25 bits per heavy atom. The van der Waals surface area contributed by atoms with Gasteiger partial charge in [-0.25, -0.2) is 0 Å². The monoisotopic (exact) mass is 169 g/mol. The Bertz CT molecular complexity index is 160. The van der Waals surface area contributed by atoms with Gasteiger partial charge in [-0.1, -0.05) is 0 Å². The summed E-state index contributed by atoms with van der Waals surface area (Å²) in [5.41, 5.74) is 0. The smallest absolute Gasteiger partial charge is 0.0614 e. The van der Waals surface area contributed by atoms with Gasteiger partial charge in [-0.05, 0) is 39.3 Å². The van der Waals surface area contributed by atoms with Gasteiger partial charge in [-0.15, -0.1) is 0 Å². The molecule has 3 unspecified atom stereocenters. The van der Waals surface area contributed by atoms with Crippen LogP contribution in [0.1, 0.15) is 25.7 Å². The highest BCUT2D eigenvalue weighted by molar-refractivity contribution is 4.93. The summed E-state index contributed by atoms with van der Waals surface area (Å²) in [6.07, 6.45) is 5.92. The Morgan fingerprint density at radius 2 is 2.08 bits per heavy atom. The number of likely N-dealkylation sites (tertiary alicyclic amines) is 1. The molecule has 70 valence electrons. The van der Waals surface area contributed by atoms with Crippen LogP contribution in [0.2, 0.25) is 0 Å².